The van der Waals surface area contributed by atoms with Gasteiger partial charge in [0.2, 0.25) is 5.91 Å². The second kappa shape index (κ2) is 9.86. The number of carbonyl (C=O) groups is 1. The molecule has 1 aliphatic heterocycles. The average molecular weight is 315 g/mol. The molecule has 0 spiro atoms. The molecule has 124 valence electrons. The minimum absolute atomic E-state index is 0.0837. The molecule has 1 heterocycles. The van der Waals surface area contributed by atoms with E-state index in [1.807, 2.05) is 30.3 Å². The molecule has 1 amide bonds. The number of carbonyl (C=O) groups excluding carboxylic acids is 1. The molecule has 23 heavy (non-hydrogen) atoms. The molecule has 0 bridgehead atoms. The fourth-order valence-electron chi connectivity index (χ4n) is 2.75. The molecule has 1 N–H and O–H groups in total. The maximum Gasteiger partial charge on any atom is 0.234 e. The van der Waals surface area contributed by atoms with Gasteiger partial charge in [0.05, 0.1) is 6.07 Å². The van der Waals surface area contributed by atoms with Crippen LogP contribution in [-0.4, -0.2) is 43.6 Å². The highest BCUT2D eigenvalue weighted by Gasteiger charge is 2.09. The van der Waals surface area contributed by atoms with Crippen molar-refractivity contribution in [3.63, 3.8) is 0 Å². The van der Waals surface area contributed by atoms with E-state index in [-0.39, 0.29) is 12.3 Å². The van der Waals surface area contributed by atoms with Crippen molar-refractivity contribution in [2.75, 3.05) is 32.8 Å². The number of piperidine rings is 1. The van der Waals surface area contributed by atoms with Crippen molar-refractivity contribution in [1.82, 2.24) is 10.2 Å². The van der Waals surface area contributed by atoms with Gasteiger partial charge in [-0.15, -0.1) is 0 Å². The minimum atomic E-state index is -0.221. The Morgan fingerprint density at radius 3 is 2.91 bits per heavy atom. The van der Waals surface area contributed by atoms with Crippen LogP contribution in [0.3, 0.4) is 0 Å². The fourth-order valence-corrected chi connectivity index (χ4v) is 2.75. The monoisotopic (exact) mass is 315 g/mol. The Morgan fingerprint density at radius 2 is 2.13 bits per heavy atom. The van der Waals surface area contributed by atoms with Gasteiger partial charge in [-0.05, 0) is 50.0 Å². The summed E-state index contributed by atoms with van der Waals surface area (Å²) in [7, 11) is 0. The van der Waals surface area contributed by atoms with Crippen LogP contribution >= 0.6 is 0 Å². The van der Waals surface area contributed by atoms with Gasteiger partial charge in [-0.1, -0.05) is 18.6 Å². The normalized spacial score (nSPS) is 14.9. The summed E-state index contributed by atoms with van der Waals surface area (Å²) in [6.45, 7) is 4.60. The first-order chi connectivity index (χ1) is 11.3. The van der Waals surface area contributed by atoms with E-state index in [1.54, 1.807) is 0 Å². The predicted octanol–water partition coefficient (Wildman–Crippen LogP) is 2.12. The lowest BCUT2D eigenvalue weighted by Gasteiger charge is -2.26. The molecule has 1 aromatic rings. The molecule has 5 heteroatoms. The van der Waals surface area contributed by atoms with E-state index in [2.05, 4.69) is 10.2 Å². The van der Waals surface area contributed by atoms with Crippen LogP contribution in [0, 0.1) is 11.3 Å². The lowest BCUT2D eigenvalue weighted by atomic mass is 10.1. The van der Waals surface area contributed by atoms with Crippen molar-refractivity contribution < 1.29 is 9.53 Å². The Balaban J connectivity index is 1.69. The van der Waals surface area contributed by atoms with E-state index < -0.39 is 0 Å². The highest BCUT2D eigenvalue weighted by atomic mass is 16.5. The van der Waals surface area contributed by atoms with Gasteiger partial charge in [0.25, 0.3) is 0 Å². The van der Waals surface area contributed by atoms with Gasteiger partial charge in [-0.2, -0.15) is 5.26 Å². The number of nitrogens with zero attached hydrogens (tertiary/aromatic N) is 2. The van der Waals surface area contributed by atoms with Gasteiger partial charge < -0.3 is 10.1 Å². The van der Waals surface area contributed by atoms with Crippen molar-refractivity contribution in [2.24, 2.45) is 0 Å². The van der Waals surface area contributed by atoms with Crippen LogP contribution in [-0.2, 0) is 11.2 Å². The van der Waals surface area contributed by atoms with Crippen molar-refractivity contribution in [1.29, 1.82) is 5.26 Å². The molecule has 2 rings (SSSR count). The molecule has 0 saturated carbocycles. The standard InChI is InChI=1S/C18H25N3O2/c19-9-7-18(22)20-10-8-16-5-4-6-17(15-16)23-14-13-21-11-2-1-3-12-21/h4-6,15H,1-3,7-8,10-14H2,(H,20,22). The molecule has 1 aliphatic rings. The quantitative estimate of drug-likeness (QED) is 0.798. The van der Waals surface area contributed by atoms with Gasteiger partial charge in [0, 0.05) is 13.1 Å². The summed E-state index contributed by atoms with van der Waals surface area (Å²) >= 11 is 0. The smallest absolute Gasteiger partial charge is 0.234 e. The zero-order chi connectivity index (χ0) is 16.3. The molecule has 1 aromatic carbocycles. The number of nitriles is 1. The predicted molar refractivity (Wildman–Crippen MR) is 89.2 cm³/mol. The summed E-state index contributed by atoms with van der Waals surface area (Å²) in [4.78, 5) is 13.7. The zero-order valence-electron chi connectivity index (χ0n) is 13.6. The van der Waals surface area contributed by atoms with E-state index >= 15 is 0 Å². The summed E-state index contributed by atoms with van der Waals surface area (Å²) in [5.74, 6) is 0.657. The Kier molecular flexibility index (Phi) is 7.41. The first-order valence-corrected chi connectivity index (χ1v) is 8.35. The fraction of sp³-hybridized carbons (Fsp3) is 0.556. The largest absolute Gasteiger partial charge is 0.492 e. The van der Waals surface area contributed by atoms with Crippen LogP contribution in [0.2, 0.25) is 0 Å². The maximum absolute atomic E-state index is 11.2. The second-order valence-electron chi connectivity index (χ2n) is 5.83. The third-order valence-corrected chi connectivity index (χ3v) is 4.00. The van der Waals surface area contributed by atoms with Crippen LogP contribution in [0.5, 0.6) is 5.75 Å². The third kappa shape index (κ3) is 6.70. The van der Waals surface area contributed by atoms with E-state index in [4.69, 9.17) is 10.00 Å². The Labute approximate surface area is 138 Å². The first-order valence-electron chi connectivity index (χ1n) is 8.35. The van der Waals surface area contributed by atoms with Crippen molar-refractivity contribution in [3.05, 3.63) is 29.8 Å². The molecule has 0 unspecified atom stereocenters. The van der Waals surface area contributed by atoms with E-state index in [9.17, 15) is 4.79 Å². The summed E-state index contributed by atoms with van der Waals surface area (Å²) in [6, 6.07) is 9.82. The molecule has 0 aromatic heterocycles. The lowest BCUT2D eigenvalue weighted by molar-refractivity contribution is -0.120. The van der Waals surface area contributed by atoms with E-state index in [0.717, 1.165) is 24.3 Å². The summed E-state index contributed by atoms with van der Waals surface area (Å²) in [5.41, 5.74) is 1.12. The number of hydrogen-bond donors (Lipinski definition) is 1. The van der Waals surface area contributed by atoms with Crippen LogP contribution in [0.25, 0.3) is 0 Å². The molecule has 5 nitrogen and oxygen atoms in total. The van der Waals surface area contributed by atoms with Crippen LogP contribution in [0.1, 0.15) is 31.2 Å². The van der Waals surface area contributed by atoms with Crippen LogP contribution in [0.4, 0.5) is 0 Å². The van der Waals surface area contributed by atoms with Gasteiger partial charge in [-0.3, -0.25) is 9.69 Å². The maximum atomic E-state index is 11.2. The molecule has 0 atom stereocenters. The van der Waals surface area contributed by atoms with Gasteiger partial charge in [0.1, 0.15) is 18.8 Å². The summed E-state index contributed by atoms with van der Waals surface area (Å²) < 4.78 is 5.84. The minimum Gasteiger partial charge on any atom is -0.492 e. The van der Waals surface area contributed by atoms with Crippen LogP contribution in [0.15, 0.2) is 24.3 Å². The van der Waals surface area contributed by atoms with E-state index in [1.165, 1.54) is 32.4 Å². The number of likely N-dealkylation sites (tertiary alicyclic amines) is 1. The highest BCUT2D eigenvalue weighted by molar-refractivity contribution is 5.77. The number of nitrogens with one attached hydrogen (secondary N) is 1. The van der Waals surface area contributed by atoms with Crippen LogP contribution < -0.4 is 10.1 Å². The van der Waals surface area contributed by atoms with Crippen molar-refractivity contribution in [3.8, 4) is 11.8 Å². The third-order valence-electron chi connectivity index (χ3n) is 4.00. The van der Waals surface area contributed by atoms with Crippen molar-refractivity contribution in [2.45, 2.75) is 32.1 Å². The van der Waals surface area contributed by atoms with Crippen molar-refractivity contribution >= 4 is 5.91 Å². The molecule has 1 saturated heterocycles. The van der Waals surface area contributed by atoms with E-state index in [0.29, 0.717) is 13.2 Å². The van der Waals surface area contributed by atoms with Gasteiger partial charge >= 0.3 is 0 Å². The number of benzene rings is 1. The topological polar surface area (TPSA) is 65.4 Å². The Hall–Kier alpha value is -2.06. The van der Waals surface area contributed by atoms with Gasteiger partial charge in [0.15, 0.2) is 0 Å². The second-order valence-corrected chi connectivity index (χ2v) is 5.83. The average Bonchev–Trinajstić information content (AvgIpc) is 2.56. The Morgan fingerprint density at radius 1 is 1.30 bits per heavy atom. The molecule has 0 aliphatic carbocycles. The van der Waals surface area contributed by atoms with Gasteiger partial charge in [-0.25, -0.2) is 0 Å². The SMILES string of the molecule is N#CCC(=O)NCCc1cccc(OCCN2CCCCC2)c1. The highest BCUT2D eigenvalue weighted by Crippen LogP contribution is 2.14. The lowest BCUT2D eigenvalue weighted by Crippen LogP contribution is -2.33. The number of hydrogen-bond acceptors (Lipinski definition) is 4. The molecular formula is C18H25N3O2. The number of amides is 1. The molecule has 1 fully saturated rings. The zero-order valence-corrected chi connectivity index (χ0v) is 13.6. The summed E-state index contributed by atoms with van der Waals surface area (Å²) in [6.07, 6.45) is 4.60. The first kappa shape index (κ1) is 17.3. The summed E-state index contributed by atoms with van der Waals surface area (Å²) in [5, 5.41) is 11.2. The number of rotatable bonds is 8. The molecule has 0 radical (unpaired) electrons. The number of ether oxygens (including phenoxy) is 1. The molecular weight excluding hydrogens is 290 g/mol. The Bertz CT molecular complexity index is 533.